The van der Waals surface area contributed by atoms with E-state index in [1.165, 1.54) is 83.5 Å². The van der Waals surface area contributed by atoms with Gasteiger partial charge in [-0.05, 0) is 50.9 Å². The molecule has 1 unspecified atom stereocenters. The van der Waals surface area contributed by atoms with E-state index in [1.807, 2.05) is 19.1 Å². The summed E-state index contributed by atoms with van der Waals surface area (Å²) in [4.78, 5) is 24.3. The molecule has 288 valence electrons. The third-order valence-electron chi connectivity index (χ3n) is 9.02. The zero-order chi connectivity index (χ0) is 36.8. The molecule has 0 aromatic carbocycles. The lowest BCUT2D eigenvalue weighted by Gasteiger charge is -2.15. The zero-order valence-electron chi connectivity index (χ0n) is 32.4. The Labute approximate surface area is 307 Å². The number of carbonyl (C=O) groups excluding carboxylic acids is 2. The van der Waals surface area contributed by atoms with E-state index >= 15 is 0 Å². The van der Waals surface area contributed by atoms with E-state index in [-0.39, 0.29) is 37.7 Å². The molecular weight excluding hydrogens is 624 g/mol. The van der Waals surface area contributed by atoms with E-state index in [0.717, 1.165) is 57.3 Å². The first-order chi connectivity index (χ1) is 24.4. The molecule has 0 aromatic rings. The summed E-state index contributed by atoms with van der Waals surface area (Å²) in [6.07, 6.45) is 45.2. The molecule has 0 bridgehead atoms. The van der Waals surface area contributed by atoms with Crippen LogP contribution in [0.15, 0.2) is 60.8 Å². The number of hydrogen-bond donors (Lipinski definition) is 2. The van der Waals surface area contributed by atoms with Gasteiger partial charge in [0.15, 0.2) is 6.10 Å². The summed E-state index contributed by atoms with van der Waals surface area (Å²) >= 11 is 0. The van der Waals surface area contributed by atoms with E-state index in [9.17, 15) is 19.8 Å². The molecule has 0 saturated heterocycles. The first-order valence-electron chi connectivity index (χ1n) is 20.3. The average molecular weight is 701 g/mol. The van der Waals surface area contributed by atoms with Crippen LogP contribution in [-0.4, -0.2) is 47.6 Å². The number of aliphatic hydroxyl groups is 2. The van der Waals surface area contributed by atoms with E-state index in [1.54, 1.807) is 6.08 Å². The second-order valence-electron chi connectivity index (χ2n) is 13.8. The second kappa shape index (κ2) is 37.8. The monoisotopic (exact) mass is 701 g/mol. The summed E-state index contributed by atoms with van der Waals surface area (Å²) < 4.78 is 10.6. The van der Waals surface area contributed by atoms with Gasteiger partial charge >= 0.3 is 11.9 Å². The van der Waals surface area contributed by atoms with E-state index in [2.05, 4.69) is 56.4 Å². The van der Waals surface area contributed by atoms with Crippen molar-refractivity contribution in [2.75, 3.05) is 13.2 Å². The summed E-state index contributed by atoms with van der Waals surface area (Å²) in [6, 6.07) is 0. The molecule has 2 N–H and O–H groups in total. The van der Waals surface area contributed by atoms with Gasteiger partial charge in [-0.2, -0.15) is 0 Å². The number of aliphatic hydroxyl groups excluding tert-OH is 2. The molecule has 0 heterocycles. The minimum absolute atomic E-state index is 0.0984. The fraction of sp³-hybridized carbons (Fsp3) is 0.727. The fourth-order valence-corrected chi connectivity index (χ4v) is 5.40. The van der Waals surface area contributed by atoms with Gasteiger partial charge in [0.2, 0.25) is 0 Å². The van der Waals surface area contributed by atoms with Crippen LogP contribution in [0.1, 0.15) is 175 Å². The lowest BCUT2D eigenvalue weighted by atomic mass is 9.99. The quantitative estimate of drug-likeness (QED) is 0.0296. The molecule has 0 spiro atoms. The topological polar surface area (TPSA) is 93.1 Å². The van der Waals surface area contributed by atoms with Crippen LogP contribution in [0.2, 0.25) is 0 Å². The molecule has 0 rings (SSSR count). The standard InChI is InChI=1S/C44H76O6/c1-4-40(3)34-30-26-22-18-14-10-6-8-12-16-20-24-28-32-36-43(47)49-39-42(38-45)50-44(48)37-33-29-25-21-17-13-9-7-11-15-19-23-27-31-35-41(46)5-2/h9,11,13,15,21,23,25,27,31,35,40-42,45-46H,4-8,10,12,14,16-20,22,24,26,28-30,32-34,36-39H2,1-3H3/b13-9-,15-11-,25-21-,27-23-,35-31+/t40?,41-,42+/m1/s1. The zero-order valence-corrected chi connectivity index (χ0v) is 32.4. The van der Waals surface area contributed by atoms with Crippen LogP contribution in [0.4, 0.5) is 0 Å². The molecule has 50 heavy (non-hydrogen) atoms. The summed E-state index contributed by atoms with van der Waals surface area (Å²) in [6.45, 7) is 6.14. The third-order valence-corrected chi connectivity index (χ3v) is 9.02. The maximum atomic E-state index is 12.2. The molecule has 0 aliphatic carbocycles. The van der Waals surface area contributed by atoms with Crippen LogP contribution in [0.25, 0.3) is 0 Å². The second-order valence-corrected chi connectivity index (χ2v) is 13.8. The normalized spacial score (nSPS) is 14.1. The van der Waals surface area contributed by atoms with Crippen molar-refractivity contribution in [3.63, 3.8) is 0 Å². The number of carbonyl (C=O) groups is 2. The molecular formula is C44H76O6. The Bertz CT molecular complexity index is 917. The number of unbranched alkanes of at least 4 members (excludes halogenated alkanes) is 14. The molecule has 0 aliphatic rings. The van der Waals surface area contributed by atoms with E-state index < -0.39 is 6.10 Å². The predicted molar refractivity (Wildman–Crippen MR) is 211 cm³/mol. The molecule has 0 amide bonds. The molecule has 0 aromatic heterocycles. The molecule has 0 aliphatic heterocycles. The number of rotatable bonds is 35. The summed E-state index contributed by atoms with van der Waals surface area (Å²) in [5.74, 6) is 0.217. The summed E-state index contributed by atoms with van der Waals surface area (Å²) in [7, 11) is 0. The largest absolute Gasteiger partial charge is 0.462 e. The van der Waals surface area contributed by atoms with E-state index in [0.29, 0.717) is 12.8 Å². The van der Waals surface area contributed by atoms with E-state index in [4.69, 9.17) is 9.47 Å². The molecule has 6 nitrogen and oxygen atoms in total. The van der Waals surface area contributed by atoms with Gasteiger partial charge < -0.3 is 19.7 Å². The average Bonchev–Trinajstić information content (AvgIpc) is 3.12. The van der Waals surface area contributed by atoms with Crippen LogP contribution in [0.3, 0.4) is 0 Å². The van der Waals surface area contributed by atoms with Gasteiger partial charge in [0, 0.05) is 12.8 Å². The van der Waals surface area contributed by atoms with Gasteiger partial charge in [-0.3, -0.25) is 9.59 Å². The number of allylic oxidation sites excluding steroid dienone is 9. The minimum atomic E-state index is -0.812. The smallest absolute Gasteiger partial charge is 0.306 e. The van der Waals surface area contributed by atoms with Crippen molar-refractivity contribution in [3.8, 4) is 0 Å². The van der Waals surface area contributed by atoms with Gasteiger partial charge in [0.1, 0.15) is 6.61 Å². The minimum Gasteiger partial charge on any atom is -0.462 e. The van der Waals surface area contributed by atoms with Crippen molar-refractivity contribution in [2.24, 2.45) is 5.92 Å². The molecule has 3 atom stereocenters. The van der Waals surface area contributed by atoms with Gasteiger partial charge in [0.25, 0.3) is 0 Å². The third kappa shape index (κ3) is 35.4. The maximum absolute atomic E-state index is 12.2. The highest BCUT2D eigenvalue weighted by atomic mass is 16.6. The van der Waals surface area contributed by atoms with Crippen molar-refractivity contribution >= 4 is 11.9 Å². The van der Waals surface area contributed by atoms with Crippen LogP contribution >= 0.6 is 0 Å². The SMILES string of the molecule is CCC(C)CCCCCCCCCCCCCCCCC(=O)OC[C@H](CO)OC(=O)CCC/C=C\C/C=C\C/C=C\C/C=C\C=C\[C@H](O)CC. The fourth-order valence-electron chi connectivity index (χ4n) is 5.40. The van der Waals surface area contributed by atoms with Crippen LogP contribution < -0.4 is 0 Å². The highest BCUT2D eigenvalue weighted by Gasteiger charge is 2.16. The maximum Gasteiger partial charge on any atom is 0.306 e. The Kier molecular flexibility index (Phi) is 36.0. The number of ether oxygens (including phenoxy) is 2. The lowest BCUT2D eigenvalue weighted by Crippen LogP contribution is -2.28. The Balaban J connectivity index is 3.67. The summed E-state index contributed by atoms with van der Waals surface area (Å²) in [5.41, 5.74) is 0. The summed E-state index contributed by atoms with van der Waals surface area (Å²) in [5, 5.41) is 19.0. The van der Waals surface area contributed by atoms with Crippen molar-refractivity contribution in [1.29, 1.82) is 0 Å². The van der Waals surface area contributed by atoms with Crippen molar-refractivity contribution < 1.29 is 29.3 Å². The van der Waals surface area contributed by atoms with Gasteiger partial charge in [-0.1, -0.05) is 178 Å². The molecule has 0 saturated carbocycles. The van der Waals surface area contributed by atoms with Gasteiger partial charge in [-0.15, -0.1) is 0 Å². The van der Waals surface area contributed by atoms with Crippen LogP contribution in [0, 0.1) is 5.92 Å². The highest BCUT2D eigenvalue weighted by molar-refractivity contribution is 5.70. The Morgan fingerprint density at radius 3 is 1.64 bits per heavy atom. The first-order valence-corrected chi connectivity index (χ1v) is 20.3. The van der Waals surface area contributed by atoms with Gasteiger partial charge in [-0.25, -0.2) is 0 Å². The van der Waals surface area contributed by atoms with Crippen molar-refractivity contribution in [1.82, 2.24) is 0 Å². The molecule has 0 radical (unpaired) electrons. The lowest BCUT2D eigenvalue weighted by molar-refractivity contribution is -0.161. The highest BCUT2D eigenvalue weighted by Crippen LogP contribution is 2.16. The van der Waals surface area contributed by atoms with Crippen molar-refractivity contribution in [2.45, 2.75) is 187 Å². The van der Waals surface area contributed by atoms with Crippen molar-refractivity contribution in [3.05, 3.63) is 60.8 Å². The number of hydrogen-bond acceptors (Lipinski definition) is 6. The Morgan fingerprint density at radius 2 is 1.10 bits per heavy atom. The van der Waals surface area contributed by atoms with Crippen LogP contribution in [-0.2, 0) is 19.1 Å². The van der Waals surface area contributed by atoms with Gasteiger partial charge in [0.05, 0.1) is 12.7 Å². The first kappa shape index (κ1) is 47.6. The number of esters is 2. The Morgan fingerprint density at radius 1 is 0.600 bits per heavy atom. The molecule has 6 heteroatoms. The molecule has 0 fully saturated rings. The van der Waals surface area contributed by atoms with Crippen LogP contribution in [0.5, 0.6) is 0 Å². The predicted octanol–water partition coefficient (Wildman–Crippen LogP) is 11.6. The Hall–Kier alpha value is -2.44.